The van der Waals surface area contributed by atoms with Gasteiger partial charge < -0.3 is 14.8 Å². The molecule has 0 aliphatic heterocycles. The first-order chi connectivity index (χ1) is 9.24. The Hall–Kier alpha value is -1.29. The van der Waals surface area contributed by atoms with E-state index in [2.05, 4.69) is 31.1 Å². The van der Waals surface area contributed by atoms with Crippen LogP contribution in [0.4, 0.5) is 5.82 Å². The van der Waals surface area contributed by atoms with Crippen LogP contribution >= 0.6 is 0 Å². The summed E-state index contributed by atoms with van der Waals surface area (Å²) in [6.07, 6.45) is 3.74. The maximum Gasteiger partial charge on any atom is 0.168 e. The van der Waals surface area contributed by atoms with Crippen LogP contribution < -0.4 is 10.1 Å². The normalized spacial score (nSPS) is 10.7. The highest BCUT2D eigenvalue weighted by molar-refractivity contribution is 5.49. The van der Waals surface area contributed by atoms with Gasteiger partial charge >= 0.3 is 0 Å². The van der Waals surface area contributed by atoms with Crippen molar-refractivity contribution in [2.24, 2.45) is 5.92 Å². The third-order valence-electron chi connectivity index (χ3n) is 2.44. The molecular weight excluding hydrogens is 240 g/mol. The van der Waals surface area contributed by atoms with Crippen LogP contribution in [0.1, 0.15) is 33.6 Å². The zero-order valence-electron chi connectivity index (χ0n) is 12.3. The fourth-order valence-corrected chi connectivity index (χ4v) is 1.55. The second-order valence-corrected chi connectivity index (χ2v) is 4.95. The van der Waals surface area contributed by atoms with Crippen LogP contribution in [0, 0.1) is 5.92 Å². The monoisotopic (exact) mass is 266 g/mol. The first-order valence-corrected chi connectivity index (χ1v) is 7.13. The van der Waals surface area contributed by atoms with Gasteiger partial charge in [0.1, 0.15) is 0 Å². The molecule has 4 nitrogen and oxygen atoms in total. The van der Waals surface area contributed by atoms with Crippen molar-refractivity contribution in [2.45, 2.75) is 33.6 Å². The molecule has 1 N–H and O–H groups in total. The molecule has 19 heavy (non-hydrogen) atoms. The fraction of sp³-hybridized carbons (Fsp3) is 0.667. The lowest BCUT2D eigenvalue weighted by Gasteiger charge is -2.12. The van der Waals surface area contributed by atoms with E-state index in [1.54, 1.807) is 6.20 Å². The zero-order chi connectivity index (χ0) is 13.9. The van der Waals surface area contributed by atoms with Gasteiger partial charge in [-0.1, -0.05) is 20.8 Å². The van der Waals surface area contributed by atoms with E-state index in [0.29, 0.717) is 5.92 Å². The molecule has 0 saturated carbocycles. The Kier molecular flexibility index (Phi) is 7.98. The molecule has 0 aliphatic carbocycles. The number of nitrogens with one attached hydrogen (secondary N) is 1. The highest BCUT2D eigenvalue weighted by Gasteiger charge is 2.03. The summed E-state index contributed by atoms with van der Waals surface area (Å²) in [4.78, 5) is 4.30. The topological polar surface area (TPSA) is 43.4 Å². The molecule has 1 heterocycles. The predicted octanol–water partition coefficient (Wildman–Crippen LogP) is 3.35. The third kappa shape index (κ3) is 7.01. The van der Waals surface area contributed by atoms with Gasteiger partial charge in [-0.15, -0.1) is 0 Å². The molecule has 0 amide bonds. The molecular formula is C15H26N2O2. The van der Waals surface area contributed by atoms with E-state index in [1.807, 2.05) is 12.1 Å². The van der Waals surface area contributed by atoms with Gasteiger partial charge in [0.2, 0.25) is 0 Å². The highest BCUT2D eigenvalue weighted by atomic mass is 16.5. The van der Waals surface area contributed by atoms with Crippen molar-refractivity contribution in [3.05, 3.63) is 18.3 Å². The Bertz CT molecular complexity index is 343. The average molecular weight is 266 g/mol. The Morgan fingerprint density at radius 1 is 1.32 bits per heavy atom. The van der Waals surface area contributed by atoms with Gasteiger partial charge in [0.25, 0.3) is 0 Å². The summed E-state index contributed by atoms with van der Waals surface area (Å²) in [7, 11) is 0. The van der Waals surface area contributed by atoms with Gasteiger partial charge in [-0.2, -0.15) is 0 Å². The molecule has 108 valence electrons. The van der Waals surface area contributed by atoms with E-state index >= 15 is 0 Å². The van der Waals surface area contributed by atoms with E-state index < -0.39 is 0 Å². The highest BCUT2D eigenvalue weighted by Crippen LogP contribution is 2.20. The van der Waals surface area contributed by atoms with E-state index in [1.165, 1.54) is 0 Å². The molecule has 0 spiro atoms. The van der Waals surface area contributed by atoms with E-state index in [0.717, 1.165) is 50.8 Å². The molecule has 0 atom stereocenters. The minimum atomic E-state index is 0.595. The van der Waals surface area contributed by atoms with Gasteiger partial charge in [0.05, 0.1) is 6.61 Å². The maximum absolute atomic E-state index is 5.64. The molecule has 0 aromatic carbocycles. The SMILES string of the molecule is CCCOc1cccnc1NCCCOCC(C)C. The number of ether oxygens (including phenoxy) is 2. The van der Waals surface area contributed by atoms with Crippen molar-refractivity contribution in [1.82, 2.24) is 4.98 Å². The van der Waals surface area contributed by atoms with Crippen molar-refractivity contribution in [3.8, 4) is 5.75 Å². The van der Waals surface area contributed by atoms with Crippen LogP contribution in [0.15, 0.2) is 18.3 Å². The molecule has 1 aromatic heterocycles. The van der Waals surface area contributed by atoms with Crippen molar-refractivity contribution in [2.75, 3.05) is 31.7 Å². The second kappa shape index (κ2) is 9.62. The number of hydrogen-bond acceptors (Lipinski definition) is 4. The summed E-state index contributed by atoms with van der Waals surface area (Å²) in [5, 5.41) is 3.29. The number of aromatic nitrogens is 1. The fourth-order valence-electron chi connectivity index (χ4n) is 1.55. The van der Waals surface area contributed by atoms with E-state index in [-0.39, 0.29) is 0 Å². The summed E-state index contributed by atoms with van der Waals surface area (Å²) < 4.78 is 11.2. The van der Waals surface area contributed by atoms with Crippen molar-refractivity contribution in [3.63, 3.8) is 0 Å². The lowest BCUT2D eigenvalue weighted by molar-refractivity contribution is 0.110. The van der Waals surface area contributed by atoms with Gasteiger partial charge in [-0.25, -0.2) is 4.98 Å². The summed E-state index contributed by atoms with van der Waals surface area (Å²) in [6, 6.07) is 3.84. The zero-order valence-corrected chi connectivity index (χ0v) is 12.3. The Labute approximate surface area is 116 Å². The van der Waals surface area contributed by atoms with Crippen molar-refractivity contribution >= 4 is 5.82 Å². The summed E-state index contributed by atoms with van der Waals surface area (Å²) in [5.74, 6) is 2.24. The van der Waals surface area contributed by atoms with Crippen LogP contribution in [0.3, 0.4) is 0 Å². The molecule has 1 rings (SSSR count). The molecule has 0 aliphatic rings. The van der Waals surface area contributed by atoms with Crippen molar-refractivity contribution < 1.29 is 9.47 Å². The number of hydrogen-bond donors (Lipinski definition) is 1. The van der Waals surface area contributed by atoms with Gasteiger partial charge in [0.15, 0.2) is 11.6 Å². The summed E-state index contributed by atoms with van der Waals surface area (Å²) in [5.41, 5.74) is 0. The Morgan fingerprint density at radius 3 is 2.89 bits per heavy atom. The average Bonchev–Trinajstić information content (AvgIpc) is 2.41. The molecule has 1 aromatic rings. The first-order valence-electron chi connectivity index (χ1n) is 7.13. The van der Waals surface area contributed by atoms with Crippen LogP contribution in [-0.4, -0.2) is 31.3 Å². The van der Waals surface area contributed by atoms with E-state index in [4.69, 9.17) is 9.47 Å². The van der Waals surface area contributed by atoms with Gasteiger partial charge in [-0.05, 0) is 30.9 Å². The minimum absolute atomic E-state index is 0.595. The first kappa shape index (κ1) is 15.8. The van der Waals surface area contributed by atoms with Crippen LogP contribution in [0.25, 0.3) is 0 Å². The number of rotatable bonds is 10. The molecule has 0 radical (unpaired) electrons. The number of pyridine rings is 1. The molecule has 0 fully saturated rings. The largest absolute Gasteiger partial charge is 0.490 e. The van der Waals surface area contributed by atoms with Crippen LogP contribution in [0.2, 0.25) is 0 Å². The van der Waals surface area contributed by atoms with Gasteiger partial charge in [0, 0.05) is 26.0 Å². The van der Waals surface area contributed by atoms with Crippen LogP contribution in [0.5, 0.6) is 5.75 Å². The van der Waals surface area contributed by atoms with Gasteiger partial charge in [-0.3, -0.25) is 0 Å². The number of anilines is 1. The Morgan fingerprint density at radius 2 is 2.16 bits per heavy atom. The summed E-state index contributed by atoms with van der Waals surface area (Å²) >= 11 is 0. The van der Waals surface area contributed by atoms with Crippen LogP contribution in [-0.2, 0) is 4.74 Å². The lowest BCUT2D eigenvalue weighted by Crippen LogP contribution is -2.10. The lowest BCUT2D eigenvalue weighted by atomic mass is 10.2. The predicted molar refractivity (Wildman–Crippen MR) is 78.8 cm³/mol. The van der Waals surface area contributed by atoms with Crippen molar-refractivity contribution in [1.29, 1.82) is 0 Å². The molecule has 4 heteroatoms. The molecule has 0 bridgehead atoms. The smallest absolute Gasteiger partial charge is 0.168 e. The minimum Gasteiger partial charge on any atom is -0.490 e. The van der Waals surface area contributed by atoms with E-state index in [9.17, 15) is 0 Å². The summed E-state index contributed by atoms with van der Waals surface area (Å²) in [6.45, 7) is 9.58. The Balaban J connectivity index is 2.24. The maximum atomic E-state index is 5.64. The molecule has 0 unspecified atom stereocenters. The quantitative estimate of drug-likeness (QED) is 0.660. The second-order valence-electron chi connectivity index (χ2n) is 4.95. The molecule has 0 saturated heterocycles. The number of nitrogens with zero attached hydrogens (tertiary/aromatic N) is 1. The third-order valence-corrected chi connectivity index (χ3v) is 2.44. The standard InChI is InChI=1S/C15H26N2O2/c1-4-10-19-14-7-5-8-16-15(14)17-9-6-11-18-12-13(2)3/h5,7-8,13H,4,6,9-12H2,1-3H3,(H,16,17).